The number of benzene rings is 2. The van der Waals surface area contributed by atoms with Crippen LogP contribution in [0.5, 0.6) is 0 Å². The van der Waals surface area contributed by atoms with Crippen molar-refractivity contribution in [3.63, 3.8) is 0 Å². The van der Waals surface area contributed by atoms with Crippen LogP contribution in [0.25, 0.3) is 0 Å². The number of primary amides is 1. The molecule has 0 atom stereocenters. The van der Waals surface area contributed by atoms with Gasteiger partial charge in [0.25, 0.3) is 0 Å². The highest BCUT2D eigenvalue weighted by Crippen LogP contribution is 2.27. The van der Waals surface area contributed by atoms with E-state index in [0.717, 1.165) is 28.0 Å². The van der Waals surface area contributed by atoms with Crippen LogP contribution >= 0.6 is 11.3 Å². The number of thiazole rings is 1. The number of nitrogens with zero attached hydrogens (tertiary/aromatic N) is 2. The minimum absolute atomic E-state index is 0.0474. The molecule has 3 aromatic rings. The van der Waals surface area contributed by atoms with Crippen LogP contribution in [0.4, 0.5) is 20.4 Å². The van der Waals surface area contributed by atoms with Crippen molar-refractivity contribution in [1.82, 2.24) is 10.3 Å². The number of rotatable bonds is 9. The number of nitrogens with two attached hydrogens (primary N) is 2. The number of hydrogen-bond donors (Lipinski definition) is 6. The normalized spacial score (nSPS) is 10.9. The number of primary sulfonamides is 1. The summed E-state index contributed by atoms with van der Waals surface area (Å²) >= 11 is 1.38. The van der Waals surface area contributed by atoms with Gasteiger partial charge in [-0.15, -0.1) is 11.3 Å². The molecule has 13 nitrogen and oxygen atoms in total. The van der Waals surface area contributed by atoms with Crippen LogP contribution in [-0.2, 0) is 34.1 Å². The van der Waals surface area contributed by atoms with Gasteiger partial charge in [0, 0.05) is 18.2 Å². The number of carbonyl (C=O) groups excluding carboxylic acids is 1. The molecule has 202 valence electrons. The Kier molecular flexibility index (Phi) is 10.9. The first kappa shape index (κ1) is 29.9. The number of hydrogen-bond acceptors (Lipinski definition) is 8. The molecule has 0 aliphatic carbocycles. The van der Waals surface area contributed by atoms with Crippen molar-refractivity contribution in [2.75, 3.05) is 5.32 Å². The molecule has 1 heterocycles. The largest absolute Gasteiger partial charge is 0.465 e. The van der Waals surface area contributed by atoms with E-state index in [1.165, 1.54) is 30.4 Å². The minimum atomic E-state index is -3.76. The summed E-state index contributed by atoms with van der Waals surface area (Å²) in [7, 11) is -3.76. The van der Waals surface area contributed by atoms with Crippen LogP contribution in [0.1, 0.15) is 28.6 Å². The monoisotopic (exact) mass is 562 g/mol. The van der Waals surface area contributed by atoms with Gasteiger partial charge in [-0.3, -0.25) is 10.1 Å². The lowest BCUT2D eigenvalue weighted by molar-refractivity contribution is -0.114. The van der Waals surface area contributed by atoms with Gasteiger partial charge >= 0.3 is 12.2 Å². The SMILES string of the molecule is CC(=O)Nc1nc(CCc2ccc(N=CNC(=O)O)cc2)c(Cc2ccc(S(N)(=O)=O)cc2)s1.NC(=O)O. The molecule has 8 N–H and O–H groups in total. The van der Waals surface area contributed by atoms with E-state index in [4.69, 9.17) is 20.1 Å². The Hall–Kier alpha value is -4.34. The number of anilines is 1. The van der Waals surface area contributed by atoms with Crippen LogP contribution in [0.2, 0.25) is 0 Å². The van der Waals surface area contributed by atoms with Crippen molar-refractivity contribution in [3.05, 3.63) is 70.2 Å². The summed E-state index contributed by atoms with van der Waals surface area (Å²) < 4.78 is 23.0. The molecule has 3 rings (SSSR count). The highest BCUT2D eigenvalue weighted by Gasteiger charge is 2.14. The first-order valence-electron chi connectivity index (χ1n) is 10.8. The summed E-state index contributed by atoms with van der Waals surface area (Å²) in [5, 5.41) is 26.2. The molecule has 38 heavy (non-hydrogen) atoms. The highest BCUT2D eigenvalue weighted by molar-refractivity contribution is 7.89. The second-order valence-corrected chi connectivity index (χ2v) is 10.3. The van der Waals surface area contributed by atoms with Gasteiger partial charge in [0.05, 0.1) is 22.6 Å². The van der Waals surface area contributed by atoms with Gasteiger partial charge in [0.15, 0.2) is 5.13 Å². The number of carboxylic acid groups (broad SMARTS) is 2. The second-order valence-electron chi connectivity index (χ2n) is 7.65. The standard InChI is InChI=1S/C22H23N5O5S2.CH3NO2/c1-14(28)26-21-27-19(11-6-15-2-7-17(8-3-15)24-13-25-22(29)30)20(33-21)12-16-4-9-18(10-5-16)34(23,31)32;2-1(3)4/h2-5,7-10,13H,6,11-12H2,1H3,(H,24,25)(H,29,30)(H2,23,31,32)(H,26,27,28);2H2,(H,3,4). The van der Waals surface area contributed by atoms with E-state index < -0.39 is 22.2 Å². The third-order valence-electron chi connectivity index (χ3n) is 4.67. The molecule has 0 spiro atoms. The molecule has 0 radical (unpaired) electrons. The Morgan fingerprint density at radius 3 is 2.13 bits per heavy atom. The van der Waals surface area contributed by atoms with Crippen molar-refractivity contribution < 1.29 is 33.0 Å². The van der Waals surface area contributed by atoms with Crippen molar-refractivity contribution >= 4 is 56.6 Å². The lowest BCUT2D eigenvalue weighted by atomic mass is 10.0. The number of aryl methyl sites for hydroxylation is 2. The van der Waals surface area contributed by atoms with Gasteiger partial charge in [-0.1, -0.05) is 24.3 Å². The molecule has 0 aliphatic rings. The third-order valence-corrected chi connectivity index (χ3v) is 6.61. The second kappa shape index (κ2) is 13.8. The molecule has 0 fully saturated rings. The summed E-state index contributed by atoms with van der Waals surface area (Å²) in [6.07, 6.45) is 0.444. The maximum absolute atomic E-state index is 11.5. The number of aliphatic imine (C=N–C) groups is 1. The maximum atomic E-state index is 11.5. The molecule has 1 aromatic heterocycles. The quantitative estimate of drug-likeness (QED) is 0.167. The number of sulfonamides is 1. The maximum Gasteiger partial charge on any atom is 0.409 e. The molecular formula is C23H26N6O7S2. The molecule has 0 bridgehead atoms. The van der Waals surface area contributed by atoms with Gasteiger partial charge in [0.2, 0.25) is 15.9 Å². The van der Waals surface area contributed by atoms with E-state index in [1.807, 2.05) is 12.1 Å². The fourth-order valence-corrected chi connectivity index (χ4v) is 4.68. The Morgan fingerprint density at radius 1 is 1.03 bits per heavy atom. The van der Waals surface area contributed by atoms with Gasteiger partial charge < -0.3 is 21.3 Å². The first-order valence-corrected chi connectivity index (χ1v) is 13.2. The number of carbonyl (C=O) groups is 3. The van der Waals surface area contributed by atoms with Crippen LogP contribution < -0.4 is 21.5 Å². The average molecular weight is 563 g/mol. The van der Waals surface area contributed by atoms with E-state index in [9.17, 15) is 18.0 Å². The third kappa shape index (κ3) is 10.7. The first-order chi connectivity index (χ1) is 17.8. The van der Waals surface area contributed by atoms with Crippen LogP contribution in [0.15, 0.2) is 58.4 Å². The van der Waals surface area contributed by atoms with Crippen molar-refractivity contribution in [2.24, 2.45) is 15.9 Å². The molecule has 0 unspecified atom stereocenters. The highest BCUT2D eigenvalue weighted by atomic mass is 32.2. The Balaban J connectivity index is 0.00000118. The van der Waals surface area contributed by atoms with E-state index in [-0.39, 0.29) is 10.8 Å². The number of aromatic nitrogens is 1. The summed E-state index contributed by atoms with van der Waals surface area (Å²) in [5.41, 5.74) is 7.42. The van der Waals surface area contributed by atoms with Crippen LogP contribution in [0, 0.1) is 0 Å². The van der Waals surface area contributed by atoms with Crippen LogP contribution in [0.3, 0.4) is 0 Å². The van der Waals surface area contributed by atoms with Gasteiger partial charge in [-0.2, -0.15) is 0 Å². The molecule has 0 saturated carbocycles. The molecule has 15 heteroatoms. The van der Waals surface area contributed by atoms with E-state index >= 15 is 0 Å². The van der Waals surface area contributed by atoms with Crippen LogP contribution in [-0.4, -0.2) is 48.0 Å². The molecule has 3 amide bonds. The summed E-state index contributed by atoms with van der Waals surface area (Å²) in [5.74, 6) is -0.210. The zero-order chi connectivity index (χ0) is 28.3. The molecular weight excluding hydrogens is 536 g/mol. The lowest BCUT2D eigenvalue weighted by Gasteiger charge is -2.05. The van der Waals surface area contributed by atoms with Gasteiger partial charge in [0.1, 0.15) is 0 Å². The smallest absolute Gasteiger partial charge is 0.409 e. The van der Waals surface area contributed by atoms with Crippen molar-refractivity contribution in [2.45, 2.75) is 31.1 Å². The van der Waals surface area contributed by atoms with E-state index in [2.05, 4.69) is 26.3 Å². The summed E-state index contributed by atoms with van der Waals surface area (Å²) in [4.78, 5) is 40.3. The average Bonchev–Trinajstić information content (AvgIpc) is 3.17. The molecule has 0 aliphatic heterocycles. The summed E-state index contributed by atoms with van der Waals surface area (Å²) in [6, 6.07) is 13.7. The fourth-order valence-electron chi connectivity index (χ4n) is 3.08. The summed E-state index contributed by atoms with van der Waals surface area (Å²) in [6.45, 7) is 1.42. The van der Waals surface area contributed by atoms with E-state index in [1.54, 1.807) is 24.3 Å². The predicted molar refractivity (Wildman–Crippen MR) is 142 cm³/mol. The van der Waals surface area contributed by atoms with Gasteiger partial charge in [-0.25, -0.2) is 33.1 Å². The minimum Gasteiger partial charge on any atom is -0.465 e. The van der Waals surface area contributed by atoms with E-state index in [0.29, 0.717) is 30.1 Å². The van der Waals surface area contributed by atoms with Crippen molar-refractivity contribution in [1.29, 1.82) is 0 Å². The fraction of sp³-hybridized carbons (Fsp3) is 0.174. The predicted octanol–water partition coefficient (Wildman–Crippen LogP) is 2.68. The Morgan fingerprint density at radius 2 is 1.61 bits per heavy atom. The van der Waals surface area contributed by atoms with Gasteiger partial charge in [-0.05, 0) is 48.2 Å². The lowest BCUT2D eigenvalue weighted by Crippen LogP contribution is -2.17. The van der Waals surface area contributed by atoms with Crippen molar-refractivity contribution in [3.8, 4) is 0 Å². The Labute approximate surface area is 222 Å². The zero-order valence-corrected chi connectivity index (χ0v) is 21.8. The Bertz CT molecular complexity index is 1400. The number of nitrogens with one attached hydrogen (secondary N) is 2. The zero-order valence-electron chi connectivity index (χ0n) is 20.1. The number of amides is 3. The topological polar surface area (TPSA) is 227 Å². The molecule has 2 aromatic carbocycles. The molecule has 0 saturated heterocycles.